The van der Waals surface area contributed by atoms with Crippen LogP contribution in [0, 0.1) is 6.92 Å². The van der Waals surface area contributed by atoms with Gasteiger partial charge in [-0.3, -0.25) is 20.1 Å². The van der Waals surface area contributed by atoms with Crippen LogP contribution >= 0.6 is 0 Å². The number of nitrogens with zero attached hydrogens (tertiary/aromatic N) is 6. The van der Waals surface area contributed by atoms with Gasteiger partial charge in [-0.1, -0.05) is 0 Å². The van der Waals surface area contributed by atoms with Crippen molar-refractivity contribution in [2.75, 3.05) is 0 Å². The summed E-state index contributed by atoms with van der Waals surface area (Å²) >= 11 is 0. The second kappa shape index (κ2) is 6.81. The summed E-state index contributed by atoms with van der Waals surface area (Å²) in [6, 6.07) is 11.7. The van der Waals surface area contributed by atoms with Crippen LogP contribution in [-0.2, 0) is 0 Å². The van der Waals surface area contributed by atoms with Crippen molar-refractivity contribution < 1.29 is 0 Å². The number of hydrogen-bond donors (Lipinski definition) is 2. The Morgan fingerprint density at radius 1 is 0.774 bits per heavy atom. The number of aromatic nitrogens is 8. The summed E-state index contributed by atoms with van der Waals surface area (Å²) in [5, 5.41) is 7.55. The fourth-order valence-electron chi connectivity index (χ4n) is 3.71. The maximum absolute atomic E-state index is 4.87. The standard InChI is InChI=1S/C23H16N8/c1-13-6-9-25-12-15(13)16-4-5-18-21(27-16)22(31-30-18)23-28-17-7-10-26-19(20(17)29-23)14-3-2-8-24-11-14/h2-12H,1H3,(H,28,29)(H,30,31). The maximum atomic E-state index is 4.87. The van der Waals surface area contributed by atoms with Crippen molar-refractivity contribution in [2.24, 2.45) is 0 Å². The average molecular weight is 404 g/mol. The number of pyridine rings is 4. The van der Waals surface area contributed by atoms with E-state index in [0.717, 1.165) is 50.1 Å². The summed E-state index contributed by atoms with van der Waals surface area (Å²) in [7, 11) is 0. The van der Waals surface area contributed by atoms with Gasteiger partial charge in [0.05, 0.1) is 22.4 Å². The van der Waals surface area contributed by atoms with Gasteiger partial charge in [0.25, 0.3) is 0 Å². The summed E-state index contributed by atoms with van der Waals surface area (Å²) in [6.07, 6.45) is 8.89. The van der Waals surface area contributed by atoms with Crippen LogP contribution in [0.2, 0.25) is 0 Å². The van der Waals surface area contributed by atoms with Crippen LogP contribution in [0.5, 0.6) is 0 Å². The van der Waals surface area contributed by atoms with Crippen molar-refractivity contribution in [3.05, 3.63) is 72.9 Å². The van der Waals surface area contributed by atoms with Gasteiger partial charge in [-0.25, -0.2) is 9.97 Å². The molecule has 0 saturated heterocycles. The Balaban J connectivity index is 1.52. The minimum atomic E-state index is 0.631. The van der Waals surface area contributed by atoms with Crippen LogP contribution < -0.4 is 0 Å². The molecule has 0 spiro atoms. The van der Waals surface area contributed by atoms with Crippen molar-refractivity contribution in [1.82, 2.24) is 40.1 Å². The van der Waals surface area contributed by atoms with Crippen LogP contribution in [0.3, 0.4) is 0 Å². The van der Waals surface area contributed by atoms with E-state index >= 15 is 0 Å². The van der Waals surface area contributed by atoms with Crippen molar-refractivity contribution in [2.45, 2.75) is 6.92 Å². The van der Waals surface area contributed by atoms with Crippen molar-refractivity contribution in [3.63, 3.8) is 0 Å². The second-order valence-corrected chi connectivity index (χ2v) is 7.24. The predicted octanol–water partition coefficient (Wildman–Crippen LogP) is 4.33. The lowest BCUT2D eigenvalue weighted by molar-refractivity contribution is 1.10. The molecular weight excluding hydrogens is 388 g/mol. The van der Waals surface area contributed by atoms with E-state index in [1.54, 1.807) is 24.8 Å². The fourth-order valence-corrected chi connectivity index (χ4v) is 3.71. The maximum Gasteiger partial charge on any atom is 0.161 e. The molecule has 6 aromatic rings. The van der Waals surface area contributed by atoms with E-state index in [1.807, 2.05) is 49.5 Å². The van der Waals surface area contributed by atoms with Crippen LogP contribution in [-0.4, -0.2) is 40.1 Å². The van der Waals surface area contributed by atoms with Gasteiger partial charge in [0.15, 0.2) is 11.5 Å². The molecule has 31 heavy (non-hydrogen) atoms. The molecule has 0 saturated carbocycles. The van der Waals surface area contributed by atoms with Gasteiger partial charge in [-0.2, -0.15) is 5.10 Å². The van der Waals surface area contributed by atoms with Gasteiger partial charge in [-0.05, 0) is 48.9 Å². The Labute approximate surface area is 176 Å². The number of imidazole rings is 1. The van der Waals surface area contributed by atoms with Crippen LogP contribution in [0.4, 0.5) is 0 Å². The highest BCUT2D eigenvalue weighted by Gasteiger charge is 2.17. The Hall–Kier alpha value is -4.46. The molecular formula is C23H16N8. The summed E-state index contributed by atoms with van der Waals surface area (Å²) < 4.78 is 0. The summed E-state index contributed by atoms with van der Waals surface area (Å²) in [4.78, 5) is 26.0. The molecule has 2 N–H and O–H groups in total. The van der Waals surface area contributed by atoms with Gasteiger partial charge in [0.2, 0.25) is 0 Å². The number of fused-ring (bicyclic) bond motifs is 2. The number of hydrogen-bond acceptors (Lipinski definition) is 6. The normalized spacial score (nSPS) is 11.4. The van der Waals surface area contributed by atoms with E-state index in [2.05, 4.69) is 30.1 Å². The van der Waals surface area contributed by atoms with E-state index in [-0.39, 0.29) is 0 Å². The van der Waals surface area contributed by atoms with E-state index in [0.29, 0.717) is 11.5 Å². The van der Waals surface area contributed by atoms with E-state index in [4.69, 9.17) is 9.97 Å². The molecule has 0 bridgehead atoms. The predicted molar refractivity (Wildman–Crippen MR) is 118 cm³/mol. The van der Waals surface area contributed by atoms with E-state index in [1.165, 1.54) is 0 Å². The van der Waals surface area contributed by atoms with Crippen molar-refractivity contribution in [3.8, 4) is 34.0 Å². The van der Waals surface area contributed by atoms with Gasteiger partial charge in [-0.15, -0.1) is 0 Å². The highest BCUT2D eigenvalue weighted by molar-refractivity contribution is 5.95. The van der Waals surface area contributed by atoms with Crippen molar-refractivity contribution >= 4 is 22.1 Å². The van der Waals surface area contributed by atoms with Crippen LogP contribution in [0.15, 0.2) is 67.4 Å². The molecule has 6 heterocycles. The first kappa shape index (κ1) is 17.4. The Kier molecular flexibility index (Phi) is 3.82. The summed E-state index contributed by atoms with van der Waals surface area (Å²) in [6.45, 7) is 2.05. The molecule has 0 amide bonds. The van der Waals surface area contributed by atoms with Crippen LogP contribution in [0.25, 0.3) is 56.1 Å². The zero-order valence-corrected chi connectivity index (χ0v) is 16.5. The Morgan fingerprint density at radius 2 is 1.68 bits per heavy atom. The molecule has 6 rings (SSSR count). The lowest BCUT2D eigenvalue weighted by Crippen LogP contribution is -1.90. The summed E-state index contributed by atoms with van der Waals surface area (Å²) in [5.74, 6) is 0.631. The average Bonchev–Trinajstić information content (AvgIpc) is 3.43. The molecule has 8 nitrogen and oxygen atoms in total. The third-order valence-electron chi connectivity index (χ3n) is 5.28. The number of aromatic amines is 2. The second-order valence-electron chi connectivity index (χ2n) is 7.24. The van der Waals surface area contributed by atoms with Gasteiger partial charge in [0, 0.05) is 42.1 Å². The number of aryl methyl sites for hydroxylation is 1. The molecule has 148 valence electrons. The smallest absolute Gasteiger partial charge is 0.161 e. The molecule has 6 aromatic heterocycles. The fraction of sp³-hybridized carbons (Fsp3) is 0.0435. The molecule has 0 aromatic carbocycles. The Morgan fingerprint density at radius 3 is 2.55 bits per heavy atom. The lowest BCUT2D eigenvalue weighted by Gasteiger charge is -2.04. The number of nitrogens with one attached hydrogen (secondary N) is 2. The van der Waals surface area contributed by atoms with Crippen molar-refractivity contribution in [1.29, 1.82) is 0 Å². The molecule has 0 unspecified atom stereocenters. The van der Waals surface area contributed by atoms with Gasteiger partial charge >= 0.3 is 0 Å². The molecule has 0 aliphatic heterocycles. The van der Waals surface area contributed by atoms with Gasteiger partial charge < -0.3 is 4.98 Å². The topological polar surface area (TPSA) is 109 Å². The quantitative estimate of drug-likeness (QED) is 0.454. The highest BCUT2D eigenvalue weighted by Crippen LogP contribution is 2.30. The SMILES string of the molecule is Cc1ccncc1-c1ccc2[nH]nc(-c3nc4c(-c5cccnc5)nccc4[nH]3)c2n1. The largest absolute Gasteiger partial charge is 0.336 e. The van der Waals surface area contributed by atoms with E-state index < -0.39 is 0 Å². The molecule has 0 aliphatic carbocycles. The molecule has 8 heteroatoms. The molecule has 0 radical (unpaired) electrons. The lowest BCUT2D eigenvalue weighted by atomic mass is 10.1. The third-order valence-corrected chi connectivity index (χ3v) is 5.28. The Bertz CT molecular complexity index is 1550. The monoisotopic (exact) mass is 404 g/mol. The number of rotatable bonds is 3. The third kappa shape index (κ3) is 2.84. The van der Waals surface area contributed by atoms with E-state index in [9.17, 15) is 0 Å². The molecule has 0 fully saturated rings. The summed E-state index contributed by atoms with van der Waals surface area (Å²) in [5.41, 5.74) is 8.51. The first-order chi connectivity index (χ1) is 15.3. The zero-order chi connectivity index (χ0) is 20.8. The first-order valence-electron chi connectivity index (χ1n) is 9.79. The minimum Gasteiger partial charge on any atom is -0.336 e. The number of H-pyrrole nitrogens is 2. The molecule has 0 aliphatic rings. The highest BCUT2D eigenvalue weighted by atomic mass is 15.2. The zero-order valence-electron chi connectivity index (χ0n) is 16.5. The first-order valence-corrected chi connectivity index (χ1v) is 9.79. The minimum absolute atomic E-state index is 0.631. The van der Waals surface area contributed by atoms with Gasteiger partial charge in [0.1, 0.15) is 11.0 Å². The van der Waals surface area contributed by atoms with Crippen LogP contribution in [0.1, 0.15) is 5.56 Å². The molecule has 0 atom stereocenters.